The van der Waals surface area contributed by atoms with Crippen molar-refractivity contribution in [2.45, 2.75) is 63.6 Å². The Kier molecular flexibility index (Phi) is 5.11. The summed E-state index contributed by atoms with van der Waals surface area (Å²) in [7, 11) is 2.08. The Balaban J connectivity index is 1.33. The lowest BCUT2D eigenvalue weighted by atomic mass is 9.62. The lowest BCUT2D eigenvalue weighted by Crippen LogP contribution is -2.63. The van der Waals surface area contributed by atoms with Crippen LogP contribution in [0.4, 0.5) is 10.5 Å². The van der Waals surface area contributed by atoms with E-state index in [1.165, 1.54) is 18.4 Å². The normalized spacial score (nSPS) is 29.6. The molecule has 186 valence electrons. The third kappa shape index (κ3) is 3.60. The van der Waals surface area contributed by atoms with E-state index >= 15 is 0 Å². The lowest BCUT2D eigenvalue weighted by molar-refractivity contribution is -0.127. The van der Waals surface area contributed by atoms with E-state index in [0.717, 1.165) is 43.0 Å². The minimum Gasteiger partial charge on any atom is -0.441 e. The molecule has 2 aliphatic heterocycles. The summed E-state index contributed by atoms with van der Waals surface area (Å²) >= 11 is 0. The molecule has 2 saturated heterocycles. The largest absolute Gasteiger partial charge is 0.441 e. The van der Waals surface area contributed by atoms with Gasteiger partial charge in [-0.2, -0.15) is 0 Å². The van der Waals surface area contributed by atoms with Gasteiger partial charge in [0.15, 0.2) is 0 Å². The van der Waals surface area contributed by atoms with Gasteiger partial charge >= 0.3 is 6.09 Å². The van der Waals surface area contributed by atoms with E-state index in [2.05, 4.69) is 62.0 Å². The van der Waals surface area contributed by atoms with Gasteiger partial charge in [0.05, 0.1) is 18.4 Å². The summed E-state index contributed by atoms with van der Waals surface area (Å²) in [5, 5.41) is 12.5. The maximum atomic E-state index is 12.9. The van der Waals surface area contributed by atoms with Crippen LogP contribution in [0.3, 0.4) is 0 Å². The van der Waals surface area contributed by atoms with Crippen molar-refractivity contribution < 1.29 is 14.6 Å². The highest BCUT2D eigenvalue weighted by Crippen LogP contribution is 2.55. The topological polar surface area (TPSA) is 65.9 Å². The van der Waals surface area contributed by atoms with Gasteiger partial charge in [-0.25, -0.2) is 4.79 Å². The first-order chi connectivity index (χ1) is 16.6. The SMILES string of the molecule is CC(C)c1ccc([C@](O)(c2cncc(N3CC4(CC(C5CC5)C4)OC3=O)c2)C2(C)CN(C)C2)cc1. The molecular weight excluding hydrogens is 438 g/mol. The number of benzene rings is 1. The zero-order chi connectivity index (χ0) is 24.6. The molecule has 1 N–H and O–H groups in total. The average Bonchev–Trinajstić information content (AvgIpc) is 3.58. The van der Waals surface area contributed by atoms with Crippen LogP contribution in [0.1, 0.15) is 69.1 Å². The van der Waals surface area contributed by atoms with Crippen molar-refractivity contribution in [2.75, 3.05) is 31.6 Å². The van der Waals surface area contributed by atoms with Crippen molar-refractivity contribution in [3.05, 3.63) is 59.4 Å². The van der Waals surface area contributed by atoms with E-state index in [4.69, 9.17) is 4.74 Å². The van der Waals surface area contributed by atoms with Gasteiger partial charge < -0.3 is 14.7 Å². The molecule has 1 aromatic heterocycles. The molecule has 3 heterocycles. The predicted octanol–water partition coefficient (Wildman–Crippen LogP) is 4.91. The number of ether oxygens (including phenoxy) is 1. The van der Waals surface area contributed by atoms with E-state index in [9.17, 15) is 9.90 Å². The van der Waals surface area contributed by atoms with Gasteiger partial charge in [0.25, 0.3) is 0 Å². The maximum absolute atomic E-state index is 12.9. The fraction of sp³-hybridized carbons (Fsp3) is 0.586. The molecule has 1 amide bonds. The second-order valence-electron chi connectivity index (χ2n) is 12.3. The number of rotatable bonds is 6. The minimum absolute atomic E-state index is 0.294. The first-order valence-corrected chi connectivity index (χ1v) is 13.1. The van der Waals surface area contributed by atoms with E-state index in [1.807, 2.05) is 6.07 Å². The zero-order valence-electron chi connectivity index (χ0n) is 21.3. The molecule has 1 atom stereocenters. The van der Waals surface area contributed by atoms with Crippen LogP contribution in [-0.4, -0.2) is 53.4 Å². The first-order valence-electron chi connectivity index (χ1n) is 13.1. The smallest absolute Gasteiger partial charge is 0.415 e. The van der Waals surface area contributed by atoms with Crippen LogP contribution in [0.5, 0.6) is 0 Å². The summed E-state index contributed by atoms with van der Waals surface area (Å²) in [5.74, 6) is 1.98. The van der Waals surface area contributed by atoms with Crippen molar-refractivity contribution in [3.63, 3.8) is 0 Å². The minimum atomic E-state index is -1.23. The highest BCUT2D eigenvalue weighted by molar-refractivity contribution is 5.90. The van der Waals surface area contributed by atoms with Crippen LogP contribution >= 0.6 is 0 Å². The van der Waals surface area contributed by atoms with Crippen molar-refractivity contribution in [1.82, 2.24) is 9.88 Å². The Labute approximate surface area is 208 Å². The molecule has 1 spiro atoms. The number of likely N-dealkylation sites (tertiary alicyclic amines) is 1. The average molecular weight is 476 g/mol. The summed E-state index contributed by atoms with van der Waals surface area (Å²) in [6.45, 7) is 8.61. The first kappa shape index (κ1) is 23.0. The molecule has 0 radical (unpaired) electrons. The summed E-state index contributed by atoms with van der Waals surface area (Å²) < 4.78 is 5.91. The van der Waals surface area contributed by atoms with Gasteiger partial charge in [-0.15, -0.1) is 0 Å². The number of aromatic nitrogens is 1. The highest BCUT2D eigenvalue weighted by atomic mass is 16.6. The van der Waals surface area contributed by atoms with Crippen LogP contribution in [0.15, 0.2) is 42.7 Å². The predicted molar refractivity (Wildman–Crippen MR) is 135 cm³/mol. The number of hydrogen-bond donors (Lipinski definition) is 1. The molecule has 6 heteroatoms. The van der Waals surface area contributed by atoms with Crippen LogP contribution in [0.25, 0.3) is 0 Å². The molecular formula is C29H37N3O3. The quantitative estimate of drug-likeness (QED) is 0.643. The molecule has 2 saturated carbocycles. The van der Waals surface area contributed by atoms with Gasteiger partial charge in [-0.05, 0) is 67.7 Å². The van der Waals surface area contributed by atoms with E-state index < -0.39 is 5.60 Å². The maximum Gasteiger partial charge on any atom is 0.415 e. The van der Waals surface area contributed by atoms with Crippen molar-refractivity contribution >= 4 is 11.8 Å². The van der Waals surface area contributed by atoms with Gasteiger partial charge in [0, 0.05) is 30.3 Å². The molecule has 2 aliphatic carbocycles. The summed E-state index contributed by atoms with van der Waals surface area (Å²) in [6, 6.07) is 10.3. The molecule has 6 rings (SSSR count). The van der Waals surface area contributed by atoms with Gasteiger partial charge in [0.2, 0.25) is 0 Å². The number of aliphatic hydroxyl groups is 1. The van der Waals surface area contributed by atoms with E-state index in [0.29, 0.717) is 24.1 Å². The van der Waals surface area contributed by atoms with Crippen LogP contribution in [0.2, 0.25) is 0 Å². The molecule has 4 fully saturated rings. The molecule has 35 heavy (non-hydrogen) atoms. The van der Waals surface area contributed by atoms with Gasteiger partial charge in [-0.1, -0.05) is 45.0 Å². The van der Waals surface area contributed by atoms with Crippen molar-refractivity contribution in [1.29, 1.82) is 0 Å². The van der Waals surface area contributed by atoms with Crippen LogP contribution < -0.4 is 4.90 Å². The number of anilines is 1. The second-order valence-corrected chi connectivity index (χ2v) is 12.3. The molecule has 6 nitrogen and oxygen atoms in total. The summed E-state index contributed by atoms with van der Waals surface area (Å²) in [4.78, 5) is 21.4. The van der Waals surface area contributed by atoms with E-state index in [1.54, 1.807) is 17.3 Å². The molecule has 0 unspecified atom stereocenters. The van der Waals surface area contributed by atoms with Crippen LogP contribution in [-0.2, 0) is 10.3 Å². The zero-order valence-corrected chi connectivity index (χ0v) is 21.3. The van der Waals surface area contributed by atoms with Crippen molar-refractivity contribution in [2.24, 2.45) is 17.3 Å². The fourth-order valence-corrected chi connectivity index (χ4v) is 6.95. The monoisotopic (exact) mass is 475 g/mol. The molecule has 4 aliphatic rings. The molecule has 2 aromatic rings. The number of pyridine rings is 1. The van der Waals surface area contributed by atoms with Crippen molar-refractivity contribution in [3.8, 4) is 0 Å². The third-order valence-electron chi connectivity index (χ3n) is 9.09. The van der Waals surface area contributed by atoms with Gasteiger partial charge in [-0.3, -0.25) is 9.88 Å². The van der Waals surface area contributed by atoms with Crippen LogP contribution in [0, 0.1) is 17.3 Å². The number of nitrogens with zero attached hydrogens (tertiary/aromatic N) is 3. The number of carbonyl (C=O) groups is 1. The number of hydrogen-bond acceptors (Lipinski definition) is 5. The summed E-state index contributed by atoms with van der Waals surface area (Å²) in [6.07, 6.45) is 7.79. The van der Waals surface area contributed by atoms with Gasteiger partial charge in [0.1, 0.15) is 11.2 Å². The Bertz CT molecular complexity index is 1130. The number of amides is 1. The Hall–Kier alpha value is -2.44. The Morgan fingerprint density at radius 1 is 1.06 bits per heavy atom. The van der Waals surface area contributed by atoms with E-state index in [-0.39, 0.29) is 17.1 Å². The third-order valence-corrected chi connectivity index (χ3v) is 9.09. The molecule has 0 bridgehead atoms. The Morgan fingerprint density at radius 2 is 1.74 bits per heavy atom. The molecule has 1 aromatic carbocycles. The Morgan fingerprint density at radius 3 is 2.34 bits per heavy atom. The second kappa shape index (κ2) is 7.78. The number of carbonyl (C=O) groups excluding carboxylic acids is 1. The standard InChI is InChI=1S/C29H37N3O3/c1-19(2)20-7-9-23(10-8-20)29(34,27(3)16-31(4)17-27)24-11-25(15-30-14-24)32-18-28(35-26(32)33)12-22(13-28)21-5-6-21/h7-11,14-15,19,21-22,34H,5-6,12-13,16-18H2,1-4H3/t22?,28?,29-/m0/s1. The summed E-state index contributed by atoms with van der Waals surface area (Å²) in [5.41, 5.74) is 1.59. The fourth-order valence-electron chi connectivity index (χ4n) is 6.95. The highest BCUT2D eigenvalue weighted by Gasteiger charge is 2.58. The lowest BCUT2D eigenvalue weighted by Gasteiger charge is -2.56.